The van der Waals surface area contributed by atoms with E-state index in [9.17, 15) is 28.6 Å². The van der Waals surface area contributed by atoms with Gasteiger partial charge in [0.2, 0.25) is 11.8 Å². The van der Waals surface area contributed by atoms with Crippen LogP contribution in [0.4, 0.5) is 14.5 Å². The van der Waals surface area contributed by atoms with Crippen LogP contribution in [0.25, 0.3) is 44.3 Å². The highest BCUT2D eigenvalue weighted by molar-refractivity contribution is 5.96. The van der Waals surface area contributed by atoms with Crippen LogP contribution in [0.1, 0.15) is 150 Å². The quantitative estimate of drug-likeness (QED) is 0.139. The number of carbonyl (C=O) groups excluding carboxylic acids is 2. The Kier molecular flexibility index (Phi) is 11.6. The Morgan fingerprint density at radius 1 is 0.647 bits per heavy atom. The maximum Gasteiger partial charge on any atom is 0.227 e. The third-order valence-electron chi connectivity index (χ3n) is 14.9. The number of benzene rings is 3. The van der Waals surface area contributed by atoms with Gasteiger partial charge in [-0.05, 0) is 153 Å². The number of carbonyl (C=O) groups is 2. The first kappa shape index (κ1) is 45.5. The molecule has 2 amide bonds. The number of fused-ring (bicyclic) bond motifs is 2. The van der Waals surface area contributed by atoms with Crippen molar-refractivity contribution in [2.24, 2.45) is 0 Å². The molecule has 11 rings (SSSR count). The van der Waals surface area contributed by atoms with Crippen LogP contribution in [0.2, 0.25) is 0 Å². The van der Waals surface area contributed by atoms with Gasteiger partial charge in [0.25, 0.3) is 0 Å². The van der Waals surface area contributed by atoms with Crippen LogP contribution in [0.3, 0.4) is 0 Å². The van der Waals surface area contributed by atoms with Crippen LogP contribution in [0.5, 0.6) is 0 Å². The highest BCUT2D eigenvalue weighted by atomic mass is 19.2. The average molecular weight is 929 g/mol. The van der Waals surface area contributed by atoms with Crippen LogP contribution in [-0.4, -0.2) is 62.6 Å². The lowest BCUT2D eigenvalue weighted by Gasteiger charge is -2.35. The second-order valence-corrected chi connectivity index (χ2v) is 20.0. The first-order chi connectivity index (χ1) is 32.4. The van der Waals surface area contributed by atoms with E-state index in [-0.39, 0.29) is 36.4 Å². The standard InChI is InChI=1S/C29H30F2N4O3.C23H28N4O3/c1-16-27(17(2)38-33-16)18-4-7-24-23(14-18)32-28(35(24)19-10-12-29(3,37)13-11-19)25-8-9-26(36)34(25)20-5-6-21(30)22(31)15-20;1-13-21(14(2)30-26-13)15-4-6-19-18(12-15)25-22(17-5-7-20(28)24-17)27(19)16-8-10-23(3,29)11-9-16/h4-7,14-15,19,25,37H,8-13H2,1-3H3;4,6,12,16-17,29H,5,7-11H2,1-3H3,(H,24,28)/t19?,25-,29?;16?,17-,23?/m00/s1. The molecule has 0 bridgehead atoms. The number of hydrogen-bond acceptors (Lipinski definition) is 10. The number of nitrogens with one attached hydrogen (secondary N) is 1. The number of rotatable bonds is 7. The number of aromatic nitrogens is 6. The Morgan fingerprint density at radius 2 is 1.16 bits per heavy atom. The van der Waals surface area contributed by atoms with Crippen LogP contribution in [-0.2, 0) is 9.59 Å². The molecule has 4 aromatic heterocycles. The SMILES string of the molecule is Cc1noc(C)c1-c1ccc2c(c1)nc([C@@H]1CCC(=O)N1)n2C1CCC(C)(O)CC1.Cc1noc(C)c1-c1ccc2c(c1)nc([C@@H]1CCC(=O)N1c1ccc(F)c(F)c1)n2C1CCC(C)(O)CC1. The fraction of sp³-hybridized carbons (Fsp3) is 0.462. The van der Waals surface area contributed by atoms with Gasteiger partial charge in [-0.15, -0.1) is 0 Å². The Bertz CT molecular complexity index is 3030. The molecule has 4 aliphatic rings. The summed E-state index contributed by atoms with van der Waals surface area (Å²) >= 11 is 0. The summed E-state index contributed by atoms with van der Waals surface area (Å²) in [5, 5.41) is 32.3. The van der Waals surface area contributed by atoms with Crippen molar-refractivity contribution in [3.63, 3.8) is 0 Å². The van der Waals surface area contributed by atoms with Gasteiger partial charge in [0.1, 0.15) is 23.2 Å². The van der Waals surface area contributed by atoms with Crippen molar-refractivity contribution in [2.75, 3.05) is 4.90 Å². The molecule has 3 N–H and O–H groups in total. The third-order valence-corrected chi connectivity index (χ3v) is 14.9. The van der Waals surface area contributed by atoms with E-state index in [0.29, 0.717) is 31.4 Å². The zero-order valence-electron chi connectivity index (χ0n) is 39.4. The van der Waals surface area contributed by atoms with Crippen LogP contribution in [0, 0.1) is 39.3 Å². The van der Waals surface area contributed by atoms with E-state index in [2.05, 4.69) is 43.0 Å². The summed E-state index contributed by atoms with van der Waals surface area (Å²) in [4.78, 5) is 36.6. The molecule has 2 aliphatic carbocycles. The highest BCUT2D eigenvalue weighted by Gasteiger charge is 2.40. The maximum atomic E-state index is 14.2. The number of anilines is 1. The van der Waals surface area contributed by atoms with E-state index in [1.807, 2.05) is 59.7 Å². The Morgan fingerprint density at radius 3 is 1.63 bits per heavy atom. The predicted molar refractivity (Wildman–Crippen MR) is 252 cm³/mol. The van der Waals surface area contributed by atoms with Crippen LogP contribution < -0.4 is 10.2 Å². The molecule has 0 unspecified atom stereocenters. The summed E-state index contributed by atoms with van der Waals surface area (Å²) in [5.41, 5.74) is 8.31. The van der Waals surface area contributed by atoms with Gasteiger partial charge in [0, 0.05) is 47.8 Å². The van der Waals surface area contributed by atoms with E-state index in [1.165, 1.54) is 6.07 Å². The maximum absolute atomic E-state index is 14.2. The van der Waals surface area contributed by atoms with E-state index >= 15 is 0 Å². The summed E-state index contributed by atoms with van der Waals surface area (Å²) in [7, 11) is 0. The van der Waals surface area contributed by atoms with Crippen LogP contribution >= 0.6 is 0 Å². The van der Waals surface area contributed by atoms with Crippen molar-refractivity contribution in [3.05, 3.63) is 101 Å². The molecule has 356 valence electrons. The molecule has 0 radical (unpaired) electrons. The summed E-state index contributed by atoms with van der Waals surface area (Å²) in [6.07, 6.45) is 8.30. The molecule has 68 heavy (non-hydrogen) atoms. The molecule has 4 fully saturated rings. The van der Waals surface area contributed by atoms with Gasteiger partial charge in [-0.2, -0.15) is 0 Å². The van der Waals surface area contributed by atoms with E-state index in [1.54, 1.807) is 4.90 Å². The second kappa shape index (κ2) is 17.4. The lowest BCUT2D eigenvalue weighted by atomic mass is 9.83. The number of aliphatic hydroxyl groups is 2. The van der Waals surface area contributed by atoms with Gasteiger partial charge in [-0.3, -0.25) is 9.59 Å². The molecule has 0 spiro atoms. The van der Waals surface area contributed by atoms with Crippen molar-refractivity contribution in [1.29, 1.82) is 0 Å². The number of nitrogens with zero attached hydrogens (tertiary/aromatic N) is 7. The largest absolute Gasteiger partial charge is 0.390 e. The monoisotopic (exact) mass is 928 g/mol. The summed E-state index contributed by atoms with van der Waals surface area (Å²) in [6, 6.07) is 15.8. The highest BCUT2D eigenvalue weighted by Crippen LogP contribution is 2.45. The number of amides is 2. The van der Waals surface area contributed by atoms with Crippen LogP contribution in [0.15, 0.2) is 63.6 Å². The lowest BCUT2D eigenvalue weighted by molar-refractivity contribution is -0.119. The predicted octanol–water partition coefficient (Wildman–Crippen LogP) is 10.4. The lowest BCUT2D eigenvalue weighted by Crippen LogP contribution is -2.33. The van der Waals surface area contributed by atoms with Crippen molar-refractivity contribution >= 4 is 39.6 Å². The Labute approximate surface area is 392 Å². The normalized spacial score (nSPS) is 25.4. The second-order valence-electron chi connectivity index (χ2n) is 20.0. The smallest absolute Gasteiger partial charge is 0.227 e. The fourth-order valence-electron chi connectivity index (χ4n) is 11.2. The first-order valence-corrected chi connectivity index (χ1v) is 23.9. The molecule has 2 saturated heterocycles. The van der Waals surface area contributed by atoms with Gasteiger partial charge in [0.15, 0.2) is 11.6 Å². The molecule has 2 aliphatic heterocycles. The van der Waals surface area contributed by atoms with Gasteiger partial charge in [-0.1, -0.05) is 22.4 Å². The zero-order chi connectivity index (χ0) is 47.8. The number of halogens is 2. The topological polar surface area (TPSA) is 178 Å². The molecule has 16 heteroatoms. The zero-order valence-corrected chi connectivity index (χ0v) is 39.4. The first-order valence-electron chi connectivity index (χ1n) is 23.9. The number of imidazole rings is 2. The summed E-state index contributed by atoms with van der Waals surface area (Å²) < 4.78 is 43.1. The third kappa shape index (κ3) is 8.39. The minimum absolute atomic E-state index is 0.0603. The molecule has 7 aromatic rings. The van der Waals surface area contributed by atoms with Crippen molar-refractivity contribution in [3.8, 4) is 22.3 Å². The fourth-order valence-corrected chi connectivity index (χ4v) is 11.2. The Hall–Kier alpha value is -6.26. The molecular weight excluding hydrogens is 871 g/mol. The number of hydrogen-bond donors (Lipinski definition) is 3. The van der Waals surface area contributed by atoms with Gasteiger partial charge in [0.05, 0.1) is 56.7 Å². The summed E-state index contributed by atoms with van der Waals surface area (Å²) in [5.74, 6) is 1.16. The number of aryl methyl sites for hydroxylation is 4. The Balaban J connectivity index is 0.000000163. The molecule has 2 atom stereocenters. The van der Waals surface area contributed by atoms with Gasteiger partial charge >= 0.3 is 0 Å². The van der Waals surface area contributed by atoms with E-state index in [0.717, 1.165) is 136 Å². The minimum atomic E-state index is -0.993. The molecule has 14 nitrogen and oxygen atoms in total. The van der Waals surface area contributed by atoms with E-state index in [4.69, 9.17) is 19.0 Å². The minimum Gasteiger partial charge on any atom is -0.390 e. The summed E-state index contributed by atoms with van der Waals surface area (Å²) in [6.45, 7) is 11.4. The van der Waals surface area contributed by atoms with Crippen molar-refractivity contribution in [2.45, 2.75) is 154 Å². The van der Waals surface area contributed by atoms with Gasteiger partial charge in [-0.25, -0.2) is 18.7 Å². The van der Waals surface area contributed by atoms with Crippen molar-refractivity contribution < 1.29 is 37.6 Å². The van der Waals surface area contributed by atoms with E-state index < -0.39 is 28.9 Å². The van der Waals surface area contributed by atoms with Crippen molar-refractivity contribution in [1.82, 2.24) is 34.7 Å². The average Bonchev–Trinajstić information content (AvgIpc) is 4.17. The molecule has 2 saturated carbocycles. The molecule has 6 heterocycles. The molecule has 3 aromatic carbocycles. The molecular formula is C52H58F2N8O6. The van der Waals surface area contributed by atoms with Gasteiger partial charge < -0.3 is 38.6 Å².